The average Bonchev–Trinajstić information content (AvgIpc) is 2.89. The SMILES string of the molecule is CC(=O)Nc1ccc(S(=O)(=O)Oc2noc3ccc(Br)cc23)cc1. The van der Waals surface area contributed by atoms with Crippen molar-refractivity contribution in [1.82, 2.24) is 5.16 Å². The summed E-state index contributed by atoms with van der Waals surface area (Å²) >= 11 is 3.29. The smallest absolute Gasteiger partial charge is 0.340 e. The van der Waals surface area contributed by atoms with E-state index >= 15 is 0 Å². The average molecular weight is 411 g/mol. The summed E-state index contributed by atoms with van der Waals surface area (Å²) in [5.74, 6) is -0.390. The van der Waals surface area contributed by atoms with Crippen LogP contribution in [0, 0.1) is 0 Å². The minimum atomic E-state index is -4.08. The minimum Gasteiger partial charge on any atom is -0.354 e. The van der Waals surface area contributed by atoms with Crippen LogP contribution in [0.25, 0.3) is 11.0 Å². The molecule has 124 valence electrons. The molecule has 0 saturated heterocycles. The van der Waals surface area contributed by atoms with Gasteiger partial charge < -0.3 is 14.0 Å². The Balaban J connectivity index is 1.90. The van der Waals surface area contributed by atoms with Crippen LogP contribution in [0.2, 0.25) is 0 Å². The van der Waals surface area contributed by atoms with Crippen LogP contribution in [0.5, 0.6) is 5.88 Å². The maximum Gasteiger partial charge on any atom is 0.340 e. The fraction of sp³-hybridized carbons (Fsp3) is 0.0667. The van der Waals surface area contributed by atoms with Crippen molar-refractivity contribution in [1.29, 1.82) is 0 Å². The lowest BCUT2D eigenvalue weighted by molar-refractivity contribution is -0.114. The molecule has 0 aliphatic rings. The van der Waals surface area contributed by atoms with Crippen molar-refractivity contribution in [2.45, 2.75) is 11.8 Å². The number of fused-ring (bicyclic) bond motifs is 1. The number of anilines is 1. The highest BCUT2D eigenvalue weighted by Gasteiger charge is 2.21. The van der Waals surface area contributed by atoms with Gasteiger partial charge in [0.1, 0.15) is 4.90 Å². The highest BCUT2D eigenvalue weighted by Crippen LogP contribution is 2.30. The number of hydrogen-bond donors (Lipinski definition) is 1. The number of rotatable bonds is 4. The number of carbonyl (C=O) groups excluding carboxylic acids is 1. The Kier molecular flexibility index (Phi) is 4.29. The zero-order valence-corrected chi connectivity index (χ0v) is 14.7. The molecular weight excluding hydrogens is 400 g/mol. The fourth-order valence-corrected chi connectivity index (χ4v) is 3.26. The van der Waals surface area contributed by atoms with Crippen LogP contribution in [-0.2, 0) is 14.9 Å². The number of nitrogens with zero attached hydrogens (tertiary/aromatic N) is 1. The molecule has 0 saturated carbocycles. The summed E-state index contributed by atoms with van der Waals surface area (Å²) < 4.78 is 35.6. The summed E-state index contributed by atoms with van der Waals surface area (Å²) in [5.41, 5.74) is 0.890. The maximum atomic E-state index is 12.4. The summed E-state index contributed by atoms with van der Waals surface area (Å²) in [7, 11) is -4.08. The highest BCUT2D eigenvalue weighted by molar-refractivity contribution is 9.10. The molecule has 0 aliphatic heterocycles. The van der Waals surface area contributed by atoms with Crippen molar-refractivity contribution in [3.63, 3.8) is 0 Å². The van der Waals surface area contributed by atoms with Crippen LogP contribution in [0.3, 0.4) is 0 Å². The maximum absolute atomic E-state index is 12.4. The van der Waals surface area contributed by atoms with E-state index in [0.717, 1.165) is 4.47 Å². The molecule has 1 amide bonds. The van der Waals surface area contributed by atoms with E-state index in [-0.39, 0.29) is 16.7 Å². The molecule has 0 spiro atoms. The number of amides is 1. The molecule has 2 aromatic carbocycles. The Bertz CT molecular complexity index is 1010. The van der Waals surface area contributed by atoms with E-state index in [1.807, 2.05) is 0 Å². The zero-order chi connectivity index (χ0) is 17.3. The van der Waals surface area contributed by atoms with Crippen molar-refractivity contribution in [3.05, 3.63) is 46.9 Å². The lowest BCUT2D eigenvalue weighted by atomic mass is 10.3. The molecule has 1 aromatic heterocycles. The van der Waals surface area contributed by atoms with Gasteiger partial charge in [0.15, 0.2) is 5.58 Å². The number of nitrogens with one attached hydrogen (secondary N) is 1. The van der Waals surface area contributed by atoms with Gasteiger partial charge in [-0.25, -0.2) is 0 Å². The van der Waals surface area contributed by atoms with Crippen LogP contribution >= 0.6 is 15.9 Å². The third-order valence-electron chi connectivity index (χ3n) is 3.05. The minimum absolute atomic E-state index is 0.0669. The first-order valence-corrected chi connectivity index (χ1v) is 8.92. The topological polar surface area (TPSA) is 98.5 Å². The molecule has 0 unspecified atom stereocenters. The lowest BCUT2D eigenvalue weighted by Crippen LogP contribution is -2.11. The van der Waals surface area contributed by atoms with E-state index in [4.69, 9.17) is 8.71 Å². The zero-order valence-electron chi connectivity index (χ0n) is 12.3. The summed E-state index contributed by atoms with van der Waals surface area (Å²) in [5, 5.41) is 6.64. The van der Waals surface area contributed by atoms with Gasteiger partial charge in [-0.05, 0) is 47.6 Å². The van der Waals surface area contributed by atoms with Crippen molar-refractivity contribution in [2.24, 2.45) is 0 Å². The van der Waals surface area contributed by atoms with Crippen molar-refractivity contribution in [3.8, 4) is 5.88 Å². The second-order valence-electron chi connectivity index (χ2n) is 4.87. The van der Waals surface area contributed by atoms with Gasteiger partial charge in [0.05, 0.1) is 5.39 Å². The molecule has 0 atom stereocenters. The molecule has 7 nitrogen and oxygen atoms in total. The van der Waals surface area contributed by atoms with Crippen LogP contribution < -0.4 is 9.50 Å². The van der Waals surface area contributed by atoms with Gasteiger partial charge in [-0.2, -0.15) is 8.42 Å². The highest BCUT2D eigenvalue weighted by atomic mass is 79.9. The Morgan fingerprint density at radius 1 is 1.21 bits per heavy atom. The predicted molar refractivity (Wildman–Crippen MR) is 90.3 cm³/mol. The number of carbonyl (C=O) groups is 1. The van der Waals surface area contributed by atoms with E-state index in [1.165, 1.54) is 31.2 Å². The van der Waals surface area contributed by atoms with Crippen molar-refractivity contribution >= 4 is 48.6 Å². The quantitative estimate of drug-likeness (QED) is 0.662. The molecule has 1 N–H and O–H groups in total. The second-order valence-corrected chi connectivity index (χ2v) is 7.33. The first-order valence-electron chi connectivity index (χ1n) is 6.72. The number of benzene rings is 2. The van der Waals surface area contributed by atoms with Crippen LogP contribution in [-0.4, -0.2) is 19.5 Å². The molecule has 3 rings (SSSR count). The third kappa shape index (κ3) is 3.41. The Labute approximate surface area is 145 Å². The summed E-state index contributed by atoms with van der Waals surface area (Å²) in [6, 6.07) is 10.6. The van der Waals surface area contributed by atoms with Gasteiger partial charge in [0.2, 0.25) is 5.91 Å². The second kappa shape index (κ2) is 6.25. The first-order chi connectivity index (χ1) is 11.3. The summed E-state index contributed by atoms with van der Waals surface area (Å²) in [6.45, 7) is 1.36. The van der Waals surface area contributed by atoms with Gasteiger partial charge in [-0.3, -0.25) is 4.79 Å². The van der Waals surface area contributed by atoms with E-state index in [2.05, 4.69) is 26.4 Å². The molecular formula is C15H11BrN2O5S. The fourth-order valence-electron chi connectivity index (χ4n) is 2.01. The molecule has 0 radical (unpaired) electrons. The van der Waals surface area contributed by atoms with Gasteiger partial charge >= 0.3 is 10.1 Å². The lowest BCUT2D eigenvalue weighted by Gasteiger charge is -2.06. The van der Waals surface area contributed by atoms with Crippen molar-refractivity contribution < 1.29 is 21.9 Å². The molecule has 0 bridgehead atoms. The largest absolute Gasteiger partial charge is 0.354 e. The van der Waals surface area contributed by atoms with Crippen LogP contribution in [0.15, 0.2) is 56.4 Å². The molecule has 9 heteroatoms. The van der Waals surface area contributed by atoms with Gasteiger partial charge in [0, 0.05) is 17.1 Å². The van der Waals surface area contributed by atoms with Crippen LogP contribution in [0.4, 0.5) is 5.69 Å². The van der Waals surface area contributed by atoms with E-state index < -0.39 is 10.1 Å². The van der Waals surface area contributed by atoms with Crippen LogP contribution in [0.1, 0.15) is 6.92 Å². The molecule has 1 heterocycles. The normalized spacial score (nSPS) is 11.4. The Hall–Kier alpha value is -2.39. The van der Waals surface area contributed by atoms with E-state index in [9.17, 15) is 13.2 Å². The molecule has 3 aromatic rings. The first kappa shape index (κ1) is 16.5. The Morgan fingerprint density at radius 3 is 2.58 bits per heavy atom. The number of aromatic nitrogens is 1. The van der Waals surface area contributed by atoms with E-state index in [1.54, 1.807) is 18.2 Å². The standard InChI is InChI=1S/C15H11BrN2O5S/c1-9(19)17-11-3-5-12(6-4-11)24(20,21)23-15-13-8-10(16)2-7-14(13)22-18-15/h2-8H,1H3,(H,17,19). The molecule has 0 aliphatic carbocycles. The monoisotopic (exact) mass is 410 g/mol. The van der Waals surface area contributed by atoms with Gasteiger partial charge in [0.25, 0.3) is 5.88 Å². The number of hydrogen-bond acceptors (Lipinski definition) is 6. The Morgan fingerprint density at radius 2 is 1.92 bits per heavy atom. The third-order valence-corrected chi connectivity index (χ3v) is 4.77. The summed E-state index contributed by atoms with van der Waals surface area (Å²) in [4.78, 5) is 10.9. The summed E-state index contributed by atoms with van der Waals surface area (Å²) in [6.07, 6.45) is 0. The molecule has 0 fully saturated rings. The van der Waals surface area contributed by atoms with Crippen molar-refractivity contribution in [2.75, 3.05) is 5.32 Å². The van der Waals surface area contributed by atoms with Gasteiger partial charge in [-0.1, -0.05) is 15.9 Å². The predicted octanol–water partition coefficient (Wildman–Crippen LogP) is 3.32. The van der Waals surface area contributed by atoms with Gasteiger partial charge in [-0.15, -0.1) is 0 Å². The van der Waals surface area contributed by atoms with E-state index in [0.29, 0.717) is 16.7 Å². The number of halogens is 1. The molecule has 24 heavy (non-hydrogen) atoms.